The fourth-order valence-corrected chi connectivity index (χ4v) is 3.66. The van der Waals surface area contributed by atoms with Crippen molar-refractivity contribution in [3.8, 4) is 11.5 Å². The molecule has 2 aromatic carbocycles. The number of hydrogen-bond acceptors (Lipinski definition) is 4. The third-order valence-corrected chi connectivity index (χ3v) is 5.42. The summed E-state index contributed by atoms with van der Waals surface area (Å²) in [5.41, 5.74) is 1.01. The van der Waals surface area contributed by atoms with Gasteiger partial charge in [-0.25, -0.2) is 0 Å². The number of fused-ring (bicyclic) bond motifs is 1. The highest BCUT2D eigenvalue weighted by molar-refractivity contribution is 7.99. The van der Waals surface area contributed by atoms with Crippen LogP contribution in [-0.4, -0.2) is 24.9 Å². The molecule has 0 spiro atoms. The second-order valence-corrected chi connectivity index (χ2v) is 7.70. The number of carbonyl (C=O) groups excluding carboxylic acids is 1. The van der Waals surface area contributed by atoms with Crippen LogP contribution in [-0.2, 0) is 4.79 Å². The number of ether oxygens (including phenoxy) is 2. The van der Waals surface area contributed by atoms with Crippen molar-refractivity contribution in [1.29, 1.82) is 0 Å². The van der Waals surface area contributed by atoms with Gasteiger partial charge in [-0.2, -0.15) is 0 Å². The molecule has 0 bridgehead atoms. The summed E-state index contributed by atoms with van der Waals surface area (Å²) in [5.74, 6) is 2.46. The maximum Gasteiger partial charge on any atom is 0.220 e. The molecular weight excluding hydrogens is 370 g/mol. The molecule has 1 aliphatic heterocycles. The first-order valence-electron chi connectivity index (χ1n) is 8.69. The van der Waals surface area contributed by atoms with Crippen LogP contribution in [0.2, 0.25) is 5.02 Å². The normalized spacial score (nSPS) is 13.9. The fourth-order valence-electron chi connectivity index (χ4n) is 2.68. The lowest BCUT2D eigenvalue weighted by molar-refractivity contribution is -0.121. The van der Waals surface area contributed by atoms with Gasteiger partial charge in [0, 0.05) is 16.3 Å². The van der Waals surface area contributed by atoms with Gasteiger partial charge in [0.2, 0.25) is 5.91 Å². The number of thioether (sulfide) groups is 1. The Bertz CT molecular complexity index is 751. The zero-order valence-electron chi connectivity index (χ0n) is 14.7. The van der Waals surface area contributed by atoms with E-state index < -0.39 is 0 Å². The molecule has 4 nitrogen and oxygen atoms in total. The highest BCUT2D eigenvalue weighted by atomic mass is 35.5. The summed E-state index contributed by atoms with van der Waals surface area (Å²) >= 11 is 7.61. The van der Waals surface area contributed by atoms with Crippen molar-refractivity contribution in [2.24, 2.45) is 0 Å². The fraction of sp³-hybridized carbons (Fsp3) is 0.350. The van der Waals surface area contributed by atoms with E-state index in [-0.39, 0.29) is 11.9 Å². The van der Waals surface area contributed by atoms with Crippen LogP contribution in [0.15, 0.2) is 47.4 Å². The Morgan fingerprint density at radius 2 is 1.88 bits per heavy atom. The highest BCUT2D eigenvalue weighted by Crippen LogP contribution is 2.32. The highest BCUT2D eigenvalue weighted by Gasteiger charge is 2.15. The summed E-state index contributed by atoms with van der Waals surface area (Å²) in [6.45, 7) is 3.11. The van der Waals surface area contributed by atoms with Gasteiger partial charge in [-0.3, -0.25) is 4.79 Å². The van der Waals surface area contributed by atoms with Gasteiger partial charge in [0.05, 0.1) is 6.04 Å². The summed E-state index contributed by atoms with van der Waals surface area (Å²) in [6.07, 6.45) is 1.34. The van der Waals surface area contributed by atoms with E-state index in [1.165, 1.54) is 4.90 Å². The Kier molecular flexibility index (Phi) is 6.69. The number of rotatable bonds is 7. The maximum absolute atomic E-state index is 12.2. The van der Waals surface area contributed by atoms with E-state index in [1.807, 2.05) is 49.4 Å². The smallest absolute Gasteiger partial charge is 0.220 e. The second kappa shape index (κ2) is 9.19. The van der Waals surface area contributed by atoms with Crippen molar-refractivity contribution in [1.82, 2.24) is 5.32 Å². The largest absolute Gasteiger partial charge is 0.486 e. The average Bonchev–Trinajstić information content (AvgIpc) is 2.66. The van der Waals surface area contributed by atoms with E-state index in [9.17, 15) is 4.79 Å². The minimum atomic E-state index is -0.0674. The Hall–Kier alpha value is -1.85. The molecule has 1 amide bonds. The molecule has 6 heteroatoms. The molecule has 26 heavy (non-hydrogen) atoms. The Labute approximate surface area is 163 Å². The predicted octanol–water partition coefficient (Wildman–Crippen LogP) is 4.86. The first-order valence-corrected chi connectivity index (χ1v) is 10.1. The minimum absolute atomic E-state index is 0.0593. The molecule has 0 fully saturated rings. The SMILES string of the molecule is CC(NC(=O)CCCSc1ccc(Cl)cc1)c1ccc2c(c1)OCCO2. The molecule has 2 aromatic rings. The van der Waals surface area contributed by atoms with Crippen LogP contribution in [0, 0.1) is 0 Å². The number of benzene rings is 2. The molecule has 1 aliphatic rings. The zero-order valence-corrected chi connectivity index (χ0v) is 16.2. The number of hydrogen-bond donors (Lipinski definition) is 1. The van der Waals surface area contributed by atoms with Gasteiger partial charge in [-0.05, 0) is 61.1 Å². The van der Waals surface area contributed by atoms with E-state index in [2.05, 4.69) is 5.32 Å². The van der Waals surface area contributed by atoms with Gasteiger partial charge in [-0.15, -0.1) is 11.8 Å². The lowest BCUT2D eigenvalue weighted by atomic mass is 10.1. The Balaban J connectivity index is 1.42. The molecular formula is C20H22ClNO3S. The van der Waals surface area contributed by atoms with Crippen LogP contribution in [0.4, 0.5) is 0 Å². The van der Waals surface area contributed by atoms with E-state index in [1.54, 1.807) is 11.8 Å². The maximum atomic E-state index is 12.2. The van der Waals surface area contributed by atoms with Gasteiger partial charge in [0.25, 0.3) is 0 Å². The van der Waals surface area contributed by atoms with Crippen LogP contribution in [0.1, 0.15) is 31.4 Å². The van der Waals surface area contributed by atoms with E-state index in [0.29, 0.717) is 19.6 Å². The van der Waals surface area contributed by atoms with E-state index in [4.69, 9.17) is 21.1 Å². The van der Waals surface area contributed by atoms with Gasteiger partial charge in [0.1, 0.15) is 13.2 Å². The van der Waals surface area contributed by atoms with Crippen molar-refractivity contribution in [2.75, 3.05) is 19.0 Å². The topological polar surface area (TPSA) is 47.6 Å². The molecule has 3 rings (SSSR count). The van der Waals surface area contributed by atoms with Crippen molar-refractivity contribution < 1.29 is 14.3 Å². The van der Waals surface area contributed by atoms with Crippen molar-refractivity contribution in [3.05, 3.63) is 53.1 Å². The van der Waals surface area contributed by atoms with Gasteiger partial charge in [-0.1, -0.05) is 17.7 Å². The number of carbonyl (C=O) groups is 1. The molecule has 1 atom stereocenters. The lowest BCUT2D eigenvalue weighted by Crippen LogP contribution is -2.26. The summed E-state index contributed by atoms with van der Waals surface area (Å²) in [5, 5.41) is 3.78. The van der Waals surface area contributed by atoms with Crippen molar-refractivity contribution in [2.45, 2.75) is 30.7 Å². The minimum Gasteiger partial charge on any atom is -0.486 e. The van der Waals surface area contributed by atoms with E-state index in [0.717, 1.165) is 34.3 Å². The number of amides is 1. The first-order chi connectivity index (χ1) is 12.6. The molecule has 1 unspecified atom stereocenters. The Morgan fingerprint density at radius 1 is 1.15 bits per heavy atom. The average molecular weight is 392 g/mol. The van der Waals surface area contributed by atoms with E-state index >= 15 is 0 Å². The predicted molar refractivity (Wildman–Crippen MR) is 105 cm³/mol. The van der Waals surface area contributed by atoms with Crippen molar-refractivity contribution in [3.63, 3.8) is 0 Å². The molecule has 1 heterocycles. The van der Waals surface area contributed by atoms with Crippen LogP contribution >= 0.6 is 23.4 Å². The second-order valence-electron chi connectivity index (χ2n) is 6.10. The third kappa shape index (κ3) is 5.32. The monoisotopic (exact) mass is 391 g/mol. The van der Waals surface area contributed by atoms with Gasteiger partial charge in [0.15, 0.2) is 11.5 Å². The first kappa shape index (κ1) is 18.9. The quantitative estimate of drug-likeness (QED) is 0.540. The summed E-state index contributed by atoms with van der Waals surface area (Å²) in [6, 6.07) is 13.5. The van der Waals surface area contributed by atoms with Crippen LogP contribution in [0.25, 0.3) is 0 Å². The Morgan fingerprint density at radius 3 is 2.65 bits per heavy atom. The summed E-state index contributed by atoms with van der Waals surface area (Å²) in [7, 11) is 0. The molecule has 0 aromatic heterocycles. The third-order valence-electron chi connectivity index (χ3n) is 4.07. The molecule has 0 saturated carbocycles. The lowest BCUT2D eigenvalue weighted by Gasteiger charge is -2.21. The number of halogens is 1. The molecule has 1 N–H and O–H groups in total. The van der Waals surface area contributed by atoms with Crippen LogP contribution < -0.4 is 14.8 Å². The van der Waals surface area contributed by atoms with Gasteiger partial charge < -0.3 is 14.8 Å². The van der Waals surface area contributed by atoms with Crippen molar-refractivity contribution >= 4 is 29.3 Å². The summed E-state index contributed by atoms with van der Waals surface area (Å²) < 4.78 is 11.1. The zero-order chi connectivity index (χ0) is 18.4. The molecule has 0 aliphatic carbocycles. The van der Waals surface area contributed by atoms with Gasteiger partial charge >= 0.3 is 0 Å². The summed E-state index contributed by atoms with van der Waals surface area (Å²) in [4.78, 5) is 13.3. The number of nitrogens with one attached hydrogen (secondary N) is 1. The molecule has 0 saturated heterocycles. The molecule has 138 valence electrons. The van der Waals surface area contributed by atoms with Crippen LogP contribution in [0.5, 0.6) is 11.5 Å². The molecule has 0 radical (unpaired) electrons. The van der Waals surface area contributed by atoms with Crippen LogP contribution in [0.3, 0.4) is 0 Å². The standard InChI is InChI=1S/C20H22ClNO3S/c1-14(15-4-9-18-19(13-15)25-11-10-24-18)22-20(23)3-2-12-26-17-7-5-16(21)6-8-17/h4-9,13-14H,2-3,10-12H2,1H3,(H,22,23).